The Morgan fingerprint density at radius 3 is 1.68 bits per heavy atom. The van der Waals surface area contributed by atoms with E-state index in [1.54, 1.807) is 0 Å². The first-order valence-electron chi connectivity index (χ1n) is 6.23. The van der Waals surface area contributed by atoms with Crippen molar-refractivity contribution in [3.8, 4) is 0 Å². The van der Waals surface area contributed by atoms with Crippen molar-refractivity contribution in [2.45, 2.75) is 42.3 Å². The van der Waals surface area contributed by atoms with Gasteiger partial charge in [0, 0.05) is 6.42 Å². The third-order valence-electron chi connectivity index (χ3n) is 3.19. The van der Waals surface area contributed by atoms with Crippen LogP contribution in [0.1, 0.15) is 6.42 Å². The minimum atomic E-state index is -6.29. The van der Waals surface area contributed by atoms with E-state index < -0.39 is 55.5 Å². The molecule has 0 spiro atoms. The van der Waals surface area contributed by atoms with Crippen LogP contribution in [0.2, 0.25) is 0 Å². The van der Waals surface area contributed by atoms with Crippen LogP contribution in [0.15, 0.2) is 0 Å². The second kappa shape index (κ2) is 5.45. The molecule has 2 fully saturated rings. The van der Waals surface area contributed by atoms with Crippen molar-refractivity contribution < 1.29 is 49.3 Å². The van der Waals surface area contributed by atoms with Gasteiger partial charge in [0.05, 0.1) is 25.9 Å². The Balaban J connectivity index is 2.06. The molecular formula is C11H12F8O3. The molecule has 3 nitrogen and oxygen atoms in total. The molecule has 0 N–H and O–H groups in total. The van der Waals surface area contributed by atoms with E-state index >= 15 is 0 Å². The Labute approximate surface area is 119 Å². The van der Waals surface area contributed by atoms with E-state index in [0.717, 1.165) is 0 Å². The summed E-state index contributed by atoms with van der Waals surface area (Å²) in [7, 11) is 0. The zero-order chi connectivity index (χ0) is 16.8. The summed E-state index contributed by atoms with van der Waals surface area (Å²) < 4.78 is 119. The van der Waals surface area contributed by atoms with Crippen LogP contribution >= 0.6 is 0 Å². The summed E-state index contributed by atoms with van der Waals surface area (Å²) in [6, 6.07) is 0. The van der Waals surface area contributed by atoms with Gasteiger partial charge >= 0.3 is 23.7 Å². The van der Waals surface area contributed by atoms with Crippen LogP contribution in [-0.4, -0.2) is 62.3 Å². The van der Waals surface area contributed by atoms with Gasteiger partial charge in [-0.15, -0.1) is 0 Å². The van der Waals surface area contributed by atoms with E-state index in [1.165, 1.54) is 0 Å². The molecule has 0 aromatic carbocycles. The smallest absolute Gasteiger partial charge is 0.373 e. The molecule has 0 amide bonds. The molecule has 0 aliphatic carbocycles. The van der Waals surface area contributed by atoms with Gasteiger partial charge in [-0.2, -0.15) is 35.1 Å². The second-order valence-electron chi connectivity index (χ2n) is 5.19. The van der Waals surface area contributed by atoms with E-state index in [9.17, 15) is 35.1 Å². The fourth-order valence-corrected chi connectivity index (χ4v) is 1.63. The van der Waals surface area contributed by atoms with Gasteiger partial charge in [-0.3, -0.25) is 0 Å². The van der Waals surface area contributed by atoms with Gasteiger partial charge in [-0.05, 0) is 0 Å². The fourth-order valence-electron chi connectivity index (χ4n) is 1.63. The minimum absolute atomic E-state index is 0.164. The lowest BCUT2D eigenvalue weighted by molar-refractivity contribution is -0.372. The van der Waals surface area contributed by atoms with Gasteiger partial charge < -0.3 is 14.2 Å². The van der Waals surface area contributed by atoms with Crippen molar-refractivity contribution in [2.24, 2.45) is 0 Å². The molecule has 0 radical (unpaired) electrons. The lowest BCUT2D eigenvalue weighted by Crippen LogP contribution is -2.63. The molecule has 2 rings (SSSR count). The molecule has 130 valence electrons. The molecule has 2 heterocycles. The van der Waals surface area contributed by atoms with E-state index in [0.29, 0.717) is 0 Å². The topological polar surface area (TPSA) is 34.3 Å². The highest BCUT2D eigenvalue weighted by molar-refractivity contribution is 5.05. The average Bonchev–Trinajstić information content (AvgIpc) is 3.23. The van der Waals surface area contributed by atoms with Crippen LogP contribution < -0.4 is 0 Å². The number of alkyl halides is 8. The van der Waals surface area contributed by atoms with Crippen LogP contribution in [0.3, 0.4) is 0 Å². The SMILES string of the molecule is FC(F)(COCC1CO1)C(F)(F)C(F)(F)C(F)(F)CC1CO1. The van der Waals surface area contributed by atoms with Crippen LogP contribution in [0, 0.1) is 0 Å². The van der Waals surface area contributed by atoms with Crippen LogP contribution in [-0.2, 0) is 14.2 Å². The summed E-state index contributed by atoms with van der Waals surface area (Å²) in [6.45, 7) is -2.77. The highest BCUT2D eigenvalue weighted by atomic mass is 19.4. The van der Waals surface area contributed by atoms with E-state index in [4.69, 9.17) is 0 Å². The predicted octanol–water partition coefficient (Wildman–Crippen LogP) is 2.73. The Kier molecular flexibility index (Phi) is 4.37. The van der Waals surface area contributed by atoms with Crippen LogP contribution in [0.4, 0.5) is 35.1 Å². The molecular weight excluding hydrogens is 332 g/mol. The van der Waals surface area contributed by atoms with Crippen molar-refractivity contribution in [1.29, 1.82) is 0 Å². The molecule has 2 aliphatic rings. The molecule has 2 unspecified atom stereocenters. The molecule has 0 aromatic rings. The maximum absolute atomic E-state index is 13.4. The molecule has 2 aliphatic heterocycles. The highest BCUT2D eigenvalue weighted by Gasteiger charge is 2.80. The van der Waals surface area contributed by atoms with E-state index in [1.807, 2.05) is 0 Å². The maximum atomic E-state index is 13.4. The predicted molar refractivity (Wildman–Crippen MR) is 54.7 cm³/mol. The van der Waals surface area contributed by atoms with E-state index in [-0.39, 0.29) is 13.2 Å². The van der Waals surface area contributed by atoms with Crippen LogP contribution in [0.25, 0.3) is 0 Å². The summed E-state index contributed by atoms with van der Waals surface area (Å²) in [6.07, 6.45) is -3.67. The van der Waals surface area contributed by atoms with E-state index in [2.05, 4.69) is 14.2 Å². The number of ether oxygens (including phenoxy) is 3. The third-order valence-corrected chi connectivity index (χ3v) is 3.19. The molecule has 11 heteroatoms. The normalized spacial score (nSPS) is 26.2. The Morgan fingerprint density at radius 2 is 1.23 bits per heavy atom. The summed E-state index contributed by atoms with van der Waals surface area (Å²) in [5.41, 5.74) is 0. The fraction of sp³-hybridized carbons (Fsp3) is 1.00. The Bertz CT molecular complexity index is 406. The van der Waals surface area contributed by atoms with Gasteiger partial charge in [0.2, 0.25) is 0 Å². The van der Waals surface area contributed by atoms with Gasteiger partial charge in [0.1, 0.15) is 12.7 Å². The standard InChI is InChI=1S/C11H12F8O3/c12-8(13,1-6-3-21-6)10(16,17)11(18,19)9(14,15)5-20-2-7-4-22-7/h6-7H,1-5H2. The largest absolute Gasteiger partial charge is 0.380 e. The minimum Gasteiger partial charge on any atom is -0.373 e. The zero-order valence-electron chi connectivity index (χ0n) is 10.9. The second-order valence-corrected chi connectivity index (χ2v) is 5.19. The molecule has 22 heavy (non-hydrogen) atoms. The highest BCUT2D eigenvalue weighted by Crippen LogP contribution is 2.54. The molecule has 0 aromatic heterocycles. The lowest BCUT2D eigenvalue weighted by atomic mass is 9.96. The first kappa shape index (κ1) is 17.7. The van der Waals surface area contributed by atoms with Crippen molar-refractivity contribution in [2.75, 3.05) is 26.4 Å². The quantitative estimate of drug-likeness (QED) is 0.477. The number of epoxide rings is 2. The zero-order valence-corrected chi connectivity index (χ0v) is 10.9. The lowest BCUT2D eigenvalue weighted by Gasteiger charge is -2.36. The summed E-state index contributed by atoms with van der Waals surface area (Å²) in [5.74, 6) is -23.4. The number of hydrogen-bond donors (Lipinski definition) is 0. The van der Waals surface area contributed by atoms with Gasteiger partial charge in [0.15, 0.2) is 0 Å². The van der Waals surface area contributed by atoms with Crippen molar-refractivity contribution in [3.63, 3.8) is 0 Å². The van der Waals surface area contributed by atoms with Crippen LogP contribution in [0.5, 0.6) is 0 Å². The Morgan fingerprint density at radius 1 is 0.773 bits per heavy atom. The first-order valence-corrected chi connectivity index (χ1v) is 6.23. The summed E-state index contributed by atoms with van der Waals surface area (Å²) in [5, 5.41) is 0. The van der Waals surface area contributed by atoms with Crippen molar-refractivity contribution >= 4 is 0 Å². The molecule has 2 saturated heterocycles. The number of rotatable bonds is 9. The molecule has 0 saturated carbocycles. The maximum Gasteiger partial charge on any atom is 0.380 e. The Hall–Kier alpha value is -0.680. The first-order chi connectivity index (χ1) is 9.91. The summed E-state index contributed by atoms with van der Waals surface area (Å²) >= 11 is 0. The van der Waals surface area contributed by atoms with Crippen molar-refractivity contribution in [3.05, 3.63) is 0 Å². The third kappa shape index (κ3) is 3.30. The molecule has 2 atom stereocenters. The van der Waals surface area contributed by atoms with Gasteiger partial charge in [0.25, 0.3) is 0 Å². The summed E-state index contributed by atoms with van der Waals surface area (Å²) in [4.78, 5) is 0. The van der Waals surface area contributed by atoms with Gasteiger partial charge in [-0.1, -0.05) is 0 Å². The average molecular weight is 344 g/mol. The monoisotopic (exact) mass is 344 g/mol. The van der Waals surface area contributed by atoms with Gasteiger partial charge in [-0.25, -0.2) is 0 Å². The molecule has 0 bridgehead atoms. The van der Waals surface area contributed by atoms with Crippen molar-refractivity contribution in [1.82, 2.24) is 0 Å². The number of halogens is 8. The number of hydrogen-bond acceptors (Lipinski definition) is 3.